The average molecular weight is 174 g/mol. The van der Waals surface area contributed by atoms with Gasteiger partial charge in [-0.25, -0.2) is 0 Å². The summed E-state index contributed by atoms with van der Waals surface area (Å²) in [5.74, 6) is -1.44. The minimum Gasteiger partial charge on any atom is -0.281 e. The molecule has 4 heteroatoms. The van der Waals surface area contributed by atoms with Gasteiger partial charge < -0.3 is 0 Å². The molecule has 0 bridgehead atoms. The number of carbonyl (C=O) groups excluding carboxylic acids is 1. The van der Waals surface area contributed by atoms with Crippen LogP contribution in [0.2, 0.25) is 0 Å². The Morgan fingerprint density at radius 2 is 2.15 bits per heavy atom. The van der Waals surface area contributed by atoms with Gasteiger partial charge in [0.2, 0.25) is 0 Å². The molecule has 0 fully saturated rings. The molecule has 1 amide bonds. The summed E-state index contributed by atoms with van der Waals surface area (Å²) in [6.45, 7) is 0. The van der Waals surface area contributed by atoms with Crippen molar-refractivity contribution < 1.29 is 10.0 Å². The third-order valence-electron chi connectivity index (χ3n) is 2.06. The monoisotopic (exact) mass is 174 g/mol. The molecule has 1 aromatic rings. The highest BCUT2D eigenvalue weighted by Gasteiger charge is 2.36. The molecule has 1 atom stereocenters. The Morgan fingerprint density at radius 3 is 2.85 bits per heavy atom. The molecule has 0 saturated heterocycles. The van der Waals surface area contributed by atoms with E-state index < -0.39 is 11.8 Å². The first-order chi connectivity index (χ1) is 6.25. The van der Waals surface area contributed by atoms with Crippen molar-refractivity contribution in [3.63, 3.8) is 0 Å². The van der Waals surface area contributed by atoms with E-state index in [1.807, 2.05) is 6.07 Å². The Morgan fingerprint density at radius 1 is 1.46 bits per heavy atom. The van der Waals surface area contributed by atoms with Gasteiger partial charge in [-0.15, -0.1) is 0 Å². The number of nitrogens with zero attached hydrogens (tertiary/aromatic N) is 2. The molecule has 2 rings (SSSR count). The topological polar surface area (TPSA) is 64.3 Å². The minimum absolute atomic E-state index is 0.402. The van der Waals surface area contributed by atoms with Crippen LogP contribution in [0.25, 0.3) is 0 Å². The van der Waals surface area contributed by atoms with E-state index in [1.165, 1.54) is 0 Å². The SMILES string of the molecule is N#CC1C(=O)N(O)c2ccccc21. The molecule has 0 aliphatic carbocycles. The molecular weight excluding hydrogens is 168 g/mol. The van der Waals surface area contributed by atoms with Crippen molar-refractivity contribution in [3.05, 3.63) is 29.8 Å². The Bertz CT molecular complexity index is 408. The van der Waals surface area contributed by atoms with Crippen LogP contribution in [0.1, 0.15) is 11.5 Å². The molecule has 0 radical (unpaired) electrons. The molecule has 0 aromatic heterocycles. The summed E-state index contributed by atoms with van der Waals surface area (Å²) >= 11 is 0. The van der Waals surface area contributed by atoms with Crippen molar-refractivity contribution in [1.82, 2.24) is 0 Å². The van der Waals surface area contributed by atoms with Crippen molar-refractivity contribution in [2.45, 2.75) is 5.92 Å². The Labute approximate surface area is 74.6 Å². The highest BCUT2D eigenvalue weighted by atomic mass is 16.5. The quantitative estimate of drug-likeness (QED) is 0.597. The molecule has 13 heavy (non-hydrogen) atoms. The molecule has 1 aliphatic rings. The van der Waals surface area contributed by atoms with Crippen LogP contribution in [0.4, 0.5) is 5.69 Å². The number of nitriles is 1. The predicted octanol–water partition coefficient (Wildman–Crippen LogP) is 1.03. The van der Waals surface area contributed by atoms with E-state index in [-0.39, 0.29) is 0 Å². The van der Waals surface area contributed by atoms with Crippen LogP contribution < -0.4 is 5.06 Å². The van der Waals surface area contributed by atoms with E-state index in [1.54, 1.807) is 24.3 Å². The molecule has 0 saturated carbocycles. The third kappa shape index (κ3) is 0.912. The average Bonchev–Trinajstić information content (AvgIpc) is 2.41. The molecule has 1 N–H and O–H groups in total. The molecule has 4 nitrogen and oxygen atoms in total. The normalized spacial score (nSPS) is 19.8. The maximum Gasteiger partial charge on any atom is 0.272 e. The number of fused-ring (bicyclic) bond motifs is 1. The van der Waals surface area contributed by atoms with Crippen molar-refractivity contribution in [2.24, 2.45) is 0 Å². The number of benzene rings is 1. The smallest absolute Gasteiger partial charge is 0.272 e. The van der Waals surface area contributed by atoms with Crippen LogP contribution in [-0.4, -0.2) is 11.1 Å². The molecule has 1 heterocycles. The number of carbonyl (C=O) groups is 1. The molecule has 64 valence electrons. The Balaban J connectivity index is 2.61. The van der Waals surface area contributed by atoms with Gasteiger partial charge in [-0.2, -0.15) is 10.3 Å². The summed E-state index contributed by atoms with van der Waals surface area (Å²) in [5, 5.41) is 18.5. The van der Waals surface area contributed by atoms with Gasteiger partial charge in [0, 0.05) is 5.56 Å². The van der Waals surface area contributed by atoms with Crippen LogP contribution >= 0.6 is 0 Å². The Kier molecular flexibility index (Phi) is 1.54. The predicted molar refractivity (Wildman–Crippen MR) is 44.1 cm³/mol. The van der Waals surface area contributed by atoms with Crippen LogP contribution in [0.3, 0.4) is 0 Å². The van der Waals surface area contributed by atoms with Gasteiger partial charge in [0.15, 0.2) is 5.92 Å². The second-order valence-electron chi connectivity index (χ2n) is 2.77. The zero-order valence-electron chi connectivity index (χ0n) is 6.64. The summed E-state index contributed by atoms with van der Waals surface area (Å²) in [5.41, 5.74) is 0.969. The maximum absolute atomic E-state index is 11.2. The highest BCUT2D eigenvalue weighted by Crippen LogP contribution is 2.35. The summed E-state index contributed by atoms with van der Waals surface area (Å²) < 4.78 is 0. The summed E-state index contributed by atoms with van der Waals surface area (Å²) in [4.78, 5) is 11.2. The number of rotatable bonds is 0. The van der Waals surface area contributed by atoms with E-state index in [4.69, 9.17) is 5.26 Å². The molecule has 0 spiro atoms. The van der Waals surface area contributed by atoms with E-state index >= 15 is 0 Å². The standard InChI is InChI=1S/C9H6N2O2/c10-5-7-6-3-1-2-4-8(6)11(13)9(7)12/h1-4,7,13H. The zero-order chi connectivity index (χ0) is 9.42. The second-order valence-corrected chi connectivity index (χ2v) is 2.77. The van der Waals surface area contributed by atoms with Gasteiger partial charge in [-0.3, -0.25) is 10.0 Å². The lowest BCUT2D eigenvalue weighted by Gasteiger charge is -2.05. The number of hydrogen-bond donors (Lipinski definition) is 1. The van der Waals surface area contributed by atoms with Gasteiger partial charge in [-0.05, 0) is 6.07 Å². The first kappa shape index (κ1) is 7.77. The lowest BCUT2D eigenvalue weighted by Crippen LogP contribution is -2.23. The Hall–Kier alpha value is -1.86. The number of hydrogen-bond acceptors (Lipinski definition) is 3. The summed E-state index contributed by atoms with van der Waals surface area (Å²) in [6.07, 6.45) is 0. The fourth-order valence-electron chi connectivity index (χ4n) is 1.42. The first-order valence-electron chi connectivity index (χ1n) is 3.77. The lowest BCUT2D eigenvalue weighted by atomic mass is 10.0. The fourth-order valence-corrected chi connectivity index (χ4v) is 1.42. The van der Waals surface area contributed by atoms with Gasteiger partial charge in [0.25, 0.3) is 5.91 Å². The third-order valence-corrected chi connectivity index (χ3v) is 2.06. The molecular formula is C9H6N2O2. The van der Waals surface area contributed by atoms with Crippen LogP contribution in [0.15, 0.2) is 24.3 Å². The zero-order valence-corrected chi connectivity index (χ0v) is 6.64. The minimum atomic E-state index is -0.860. The van der Waals surface area contributed by atoms with Crippen LogP contribution in [0.5, 0.6) is 0 Å². The summed E-state index contributed by atoms with van der Waals surface area (Å²) in [6, 6.07) is 8.55. The van der Waals surface area contributed by atoms with E-state index in [0.29, 0.717) is 16.3 Å². The van der Waals surface area contributed by atoms with Gasteiger partial charge in [-0.1, -0.05) is 18.2 Å². The fraction of sp³-hybridized carbons (Fsp3) is 0.111. The van der Waals surface area contributed by atoms with E-state index in [2.05, 4.69) is 0 Å². The van der Waals surface area contributed by atoms with Crippen molar-refractivity contribution in [3.8, 4) is 6.07 Å². The van der Waals surface area contributed by atoms with Crippen LogP contribution in [0, 0.1) is 11.3 Å². The van der Waals surface area contributed by atoms with Gasteiger partial charge in [0.1, 0.15) is 0 Å². The lowest BCUT2D eigenvalue weighted by molar-refractivity contribution is -0.122. The number of amides is 1. The number of hydroxylamine groups is 1. The van der Waals surface area contributed by atoms with E-state index in [9.17, 15) is 10.0 Å². The maximum atomic E-state index is 11.2. The highest BCUT2D eigenvalue weighted by molar-refractivity contribution is 6.04. The first-order valence-corrected chi connectivity index (χ1v) is 3.77. The van der Waals surface area contributed by atoms with Crippen molar-refractivity contribution in [1.29, 1.82) is 5.26 Å². The van der Waals surface area contributed by atoms with E-state index in [0.717, 1.165) is 0 Å². The molecule has 1 aromatic carbocycles. The van der Waals surface area contributed by atoms with Gasteiger partial charge in [0.05, 0.1) is 11.8 Å². The number of anilines is 1. The molecule has 1 unspecified atom stereocenters. The number of para-hydroxylation sites is 1. The summed E-state index contributed by atoms with van der Waals surface area (Å²) in [7, 11) is 0. The largest absolute Gasteiger partial charge is 0.281 e. The van der Waals surface area contributed by atoms with Crippen LogP contribution in [-0.2, 0) is 4.79 Å². The molecule has 1 aliphatic heterocycles. The van der Waals surface area contributed by atoms with Crippen molar-refractivity contribution in [2.75, 3.05) is 5.06 Å². The van der Waals surface area contributed by atoms with Gasteiger partial charge >= 0.3 is 0 Å². The second kappa shape index (κ2) is 2.57. The van der Waals surface area contributed by atoms with Crippen molar-refractivity contribution >= 4 is 11.6 Å².